The zero-order chi connectivity index (χ0) is 17.6. The number of aryl methyl sites for hydroxylation is 1. The lowest BCUT2D eigenvalue weighted by molar-refractivity contribution is 0.262. The van der Waals surface area contributed by atoms with Crippen LogP contribution < -0.4 is 10.6 Å². The van der Waals surface area contributed by atoms with Crippen molar-refractivity contribution in [2.75, 3.05) is 10.6 Å². The van der Waals surface area contributed by atoms with Gasteiger partial charge >= 0.3 is 6.03 Å². The fraction of sp³-hybridized carbons (Fsp3) is 0.0556. The number of nitriles is 1. The molecule has 0 fully saturated rings. The molecule has 1 heterocycles. The number of thiocyanates is 1. The first-order valence-electron chi connectivity index (χ1n) is 7.49. The molecule has 0 spiro atoms. The third-order valence-corrected chi connectivity index (χ3v) is 4.07. The number of rotatable bonds is 4. The third kappa shape index (κ3) is 4.19. The lowest BCUT2D eigenvalue weighted by atomic mass is 10.1. The van der Waals surface area contributed by atoms with Crippen LogP contribution in [0, 0.1) is 10.7 Å². The zero-order valence-electron chi connectivity index (χ0n) is 13.4. The normalized spacial score (nSPS) is 10.1. The standard InChI is InChI=1S/C18H15N5OS/c1-23-16(13-5-3-2-4-6-13)11-17(22-23)21-18(24)20-14-7-9-15(10-8-14)25-12-19/h2-11H,1H3,(H2,20,21,22,24). The van der Waals surface area contributed by atoms with Gasteiger partial charge in [-0.1, -0.05) is 30.3 Å². The van der Waals surface area contributed by atoms with E-state index in [1.807, 2.05) is 48.8 Å². The second kappa shape index (κ2) is 7.55. The number of anilines is 2. The van der Waals surface area contributed by atoms with Crippen molar-refractivity contribution in [1.82, 2.24) is 9.78 Å². The Morgan fingerprint density at radius 2 is 1.84 bits per heavy atom. The molecule has 0 atom stereocenters. The summed E-state index contributed by atoms with van der Waals surface area (Å²) >= 11 is 1.07. The Morgan fingerprint density at radius 1 is 1.12 bits per heavy atom. The first-order chi connectivity index (χ1) is 12.2. The number of nitrogens with zero attached hydrogens (tertiary/aromatic N) is 3. The summed E-state index contributed by atoms with van der Waals surface area (Å²) in [4.78, 5) is 12.9. The number of hydrogen-bond donors (Lipinski definition) is 2. The lowest BCUT2D eigenvalue weighted by Gasteiger charge is -2.05. The maximum absolute atomic E-state index is 12.1. The zero-order valence-corrected chi connectivity index (χ0v) is 14.2. The molecule has 0 aliphatic carbocycles. The Kier molecular flexibility index (Phi) is 5.02. The molecule has 0 bridgehead atoms. The van der Waals surface area contributed by atoms with Crippen molar-refractivity contribution >= 4 is 29.3 Å². The van der Waals surface area contributed by atoms with Crippen LogP contribution in [0.25, 0.3) is 11.3 Å². The molecule has 25 heavy (non-hydrogen) atoms. The van der Waals surface area contributed by atoms with Crippen LogP contribution in [-0.2, 0) is 7.05 Å². The van der Waals surface area contributed by atoms with E-state index < -0.39 is 0 Å². The number of aromatic nitrogens is 2. The van der Waals surface area contributed by atoms with E-state index in [2.05, 4.69) is 15.7 Å². The van der Waals surface area contributed by atoms with Crippen molar-refractivity contribution in [2.45, 2.75) is 4.90 Å². The SMILES string of the molecule is Cn1nc(NC(=O)Nc2ccc(SC#N)cc2)cc1-c1ccccc1. The summed E-state index contributed by atoms with van der Waals surface area (Å²) in [7, 11) is 1.83. The molecule has 1 aromatic heterocycles. The maximum Gasteiger partial charge on any atom is 0.324 e. The Bertz CT molecular complexity index is 913. The van der Waals surface area contributed by atoms with E-state index in [1.165, 1.54) is 0 Å². The molecule has 7 heteroatoms. The number of thioether (sulfide) groups is 1. The summed E-state index contributed by atoms with van der Waals surface area (Å²) in [6.45, 7) is 0. The number of carbonyl (C=O) groups excluding carboxylic acids is 1. The van der Waals surface area contributed by atoms with Crippen LogP contribution in [0.1, 0.15) is 0 Å². The fourth-order valence-corrected chi connectivity index (χ4v) is 2.72. The van der Waals surface area contributed by atoms with Crippen LogP contribution >= 0.6 is 11.8 Å². The molecule has 0 aliphatic rings. The molecule has 124 valence electrons. The number of nitrogens with one attached hydrogen (secondary N) is 2. The number of benzene rings is 2. The van der Waals surface area contributed by atoms with E-state index in [4.69, 9.17) is 5.26 Å². The van der Waals surface area contributed by atoms with E-state index in [9.17, 15) is 4.79 Å². The quantitative estimate of drug-likeness (QED) is 0.543. The van der Waals surface area contributed by atoms with Gasteiger partial charge in [0.15, 0.2) is 5.82 Å². The predicted molar refractivity (Wildman–Crippen MR) is 99.2 cm³/mol. The van der Waals surface area contributed by atoms with E-state index in [0.29, 0.717) is 11.5 Å². The van der Waals surface area contributed by atoms with Gasteiger partial charge in [0.1, 0.15) is 5.40 Å². The molecule has 2 aromatic carbocycles. The Labute approximate surface area is 149 Å². The number of amides is 2. The first-order valence-corrected chi connectivity index (χ1v) is 8.31. The van der Waals surface area contributed by atoms with Gasteiger partial charge in [-0.25, -0.2) is 4.79 Å². The molecule has 0 radical (unpaired) electrons. The fourth-order valence-electron chi connectivity index (χ4n) is 2.35. The average molecular weight is 349 g/mol. The largest absolute Gasteiger partial charge is 0.324 e. The summed E-state index contributed by atoms with van der Waals surface area (Å²) in [5.74, 6) is 0.468. The van der Waals surface area contributed by atoms with Gasteiger partial charge in [0.05, 0.1) is 5.69 Å². The monoisotopic (exact) mass is 349 g/mol. The van der Waals surface area contributed by atoms with Crippen molar-refractivity contribution in [3.05, 3.63) is 60.7 Å². The van der Waals surface area contributed by atoms with E-state index in [0.717, 1.165) is 27.9 Å². The second-order valence-electron chi connectivity index (χ2n) is 5.20. The van der Waals surface area contributed by atoms with Gasteiger partial charge < -0.3 is 5.32 Å². The number of hydrogen-bond acceptors (Lipinski definition) is 4. The van der Waals surface area contributed by atoms with Crippen LogP contribution in [0.3, 0.4) is 0 Å². The molecule has 0 aliphatic heterocycles. The molecule has 6 nitrogen and oxygen atoms in total. The van der Waals surface area contributed by atoms with Crippen LogP contribution in [-0.4, -0.2) is 15.8 Å². The smallest absolute Gasteiger partial charge is 0.308 e. The van der Waals surface area contributed by atoms with Gasteiger partial charge in [0, 0.05) is 23.7 Å². The lowest BCUT2D eigenvalue weighted by Crippen LogP contribution is -2.19. The highest BCUT2D eigenvalue weighted by Gasteiger charge is 2.10. The van der Waals surface area contributed by atoms with Gasteiger partial charge in [-0.2, -0.15) is 10.4 Å². The molecule has 2 N–H and O–H groups in total. The Balaban J connectivity index is 1.66. The summed E-state index contributed by atoms with van der Waals surface area (Å²) in [5.41, 5.74) is 2.57. The van der Waals surface area contributed by atoms with Crippen molar-refractivity contribution in [1.29, 1.82) is 5.26 Å². The van der Waals surface area contributed by atoms with Crippen molar-refractivity contribution in [3.63, 3.8) is 0 Å². The summed E-state index contributed by atoms with van der Waals surface area (Å²) in [5, 5.41) is 20.4. The highest BCUT2D eigenvalue weighted by Crippen LogP contribution is 2.22. The maximum atomic E-state index is 12.1. The van der Waals surface area contributed by atoms with Crippen LogP contribution in [0.15, 0.2) is 65.6 Å². The number of urea groups is 1. The highest BCUT2D eigenvalue weighted by atomic mass is 32.2. The molecule has 3 aromatic rings. The Hall–Kier alpha value is -3.24. The van der Waals surface area contributed by atoms with E-state index in [1.54, 1.807) is 28.9 Å². The second-order valence-corrected chi connectivity index (χ2v) is 6.06. The molecule has 0 saturated heterocycles. The van der Waals surface area contributed by atoms with Crippen LogP contribution in [0.4, 0.5) is 16.3 Å². The minimum absolute atomic E-state index is 0.376. The first kappa shape index (κ1) is 16.6. The predicted octanol–water partition coefficient (Wildman–Crippen LogP) is 4.30. The molecule has 3 rings (SSSR count). The van der Waals surface area contributed by atoms with Crippen LogP contribution in [0.2, 0.25) is 0 Å². The minimum atomic E-state index is -0.376. The van der Waals surface area contributed by atoms with Gasteiger partial charge in [-0.3, -0.25) is 10.00 Å². The van der Waals surface area contributed by atoms with Gasteiger partial charge in [-0.05, 0) is 41.6 Å². The van der Waals surface area contributed by atoms with Gasteiger partial charge in [0.25, 0.3) is 0 Å². The van der Waals surface area contributed by atoms with Crippen molar-refractivity contribution in [3.8, 4) is 16.7 Å². The average Bonchev–Trinajstić information content (AvgIpc) is 2.98. The van der Waals surface area contributed by atoms with Crippen molar-refractivity contribution < 1.29 is 4.79 Å². The molecule has 0 unspecified atom stereocenters. The molecular weight excluding hydrogens is 334 g/mol. The van der Waals surface area contributed by atoms with Crippen molar-refractivity contribution in [2.24, 2.45) is 7.05 Å². The van der Waals surface area contributed by atoms with Gasteiger partial charge in [-0.15, -0.1) is 0 Å². The molecule has 2 amide bonds. The van der Waals surface area contributed by atoms with Crippen LogP contribution in [0.5, 0.6) is 0 Å². The molecular formula is C18H15N5OS. The molecule has 0 saturated carbocycles. The summed E-state index contributed by atoms with van der Waals surface area (Å²) < 4.78 is 1.72. The third-order valence-electron chi connectivity index (χ3n) is 3.47. The minimum Gasteiger partial charge on any atom is -0.308 e. The summed E-state index contributed by atoms with van der Waals surface area (Å²) in [6, 6.07) is 18.3. The summed E-state index contributed by atoms with van der Waals surface area (Å²) in [6.07, 6.45) is 0. The van der Waals surface area contributed by atoms with E-state index >= 15 is 0 Å². The Morgan fingerprint density at radius 3 is 2.52 bits per heavy atom. The topological polar surface area (TPSA) is 82.7 Å². The van der Waals surface area contributed by atoms with Gasteiger partial charge in [0.2, 0.25) is 0 Å². The number of carbonyl (C=O) groups is 1. The van der Waals surface area contributed by atoms with E-state index in [-0.39, 0.29) is 6.03 Å². The highest BCUT2D eigenvalue weighted by molar-refractivity contribution is 8.03.